The Balaban J connectivity index is 1.69. The van der Waals surface area contributed by atoms with Crippen molar-refractivity contribution >= 4 is 11.0 Å². The molecular formula is C16H19N5. The highest BCUT2D eigenvalue weighted by Gasteiger charge is 2.08. The number of hydrogen-bond acceptors (Lipinski definition) is 4. The molecule has 1 aromatic carbocycles. The smallest absolute Gasteiger partial charge is 0.0890 e. The van der Waals surface area contributed by atoms with Gasteiger partial charge in [0.2, 0.25) is 0 Å². The molecule has 3 aromatic rings. The van der Waals surface area contributed by atoms with Crippen LogP contribution in [0.3, 0.4) is 0 Å². The van der Waals surface area contributed by atoms with Gasteiger partial charge in [0, 0.05) is 31.4 Å². The SMILES string of the molecule is Cc1nn(C)c(C)c1CNCc1cnc2ccccc2n1. The predicted octanol–water partition coefficient (Wildman–Crippen LogP) is 2.27. The van der Waals surface area contributed by atoms with Crippen molar-refractivity contribution in [2.24, 2.45) is 7.05 Å². The summed E-state index contributed by atoms with van der Waals surface area (Å²) in [4.78, 5) is 9.04. The first-order chi connectivity index (χ1) is 10.1. The van der Waals surface area contributed by atoms with Crippen molar-refractivity contribution in [2.45, 2.75) is 26.9 Å². The molecule has 1 N–H and O–H groups in total. The molecule has 0 saturated heterocycles. The first-order valence-electron chi connectivity index (χ1n) is 7.05. The number of fused-ring (bicyclic) bond motifs is 1. The van der Waals surface area contributed by atoms with Gasteiger partial charge in [0.15, 0.2) is 0 Å². The normalized spacial score (nSPS) is 11.2. The van der Waals surface area contributed by atoms with E-state index in [2.05, 4.69) is 27.3 Å². The van der Waals surface area contributed by atoms with Crippen LogP contribution in [0.4, 0.5) is 0 Å². The quantitative estimate of drug-likeness (QED) is 0.797. The highest BCUT2D eigenvalue weighted by molar-refractivity contribution is 5.73. The van der Waals surface area contributed by atoms with Crippen LogP contribution in [0.15, 0.2) is 30.5 Å². The largest absolute Gasteiger partial charge is 0.307 e. The van der Waals surface area contributed by atoms with E-state index in [1.54, 1.807) is 0 Å². The molecule has 108 valence electrons. The second-order valence-electron chi connectivity index (χ2n) is 5.23. The maximum Gasteiger partial charge on any atom is 0.0890 e. The lowest BCUT2D eigenvalue weighted by atomic mass is 10.2. The molecule has 0 atom stereocenters. The second-order valence-corrected chi connectivity index (χ2v) is 5.23. The number of aromatic nitrogens is 4. The summed E-state index contributed by atoms with van der Waals surface area (Å²) >= 11 is 0. The highest BCUT2D eigenvalue weighted by Crippen LogP contribution is 2.12. The Morgan fingerprint density at radius 1 is 1.10 bits per heavy atom. The molecule has 0 aliphatic heterocycles. The zero-order valence-corrected chi connectivity index (χ0v) is 12.6. The van der Waals surface area contributed by atoms with Crippen LogP contribution in [0.5, 0.6) is 0 Å². The first kappa shape index (κ1) is 13.7. The summed E-state index contributed by atoms with van der Waals surface area (Å²) in [5.74, 6) is 0. The predicted molar refractivity (Wildman–Crippen MR) is 82.8 cm³/mol. The van der Waals surface area contributed by atoms with Crippen LogP contribution in [0.2, 0.25) is 0 Å². The van der Waals surface area contributed by atoms with E-state index >= 15 is 0 Å². The molecule has 5 heteroatoms. The topological polar surface area (TPSA) is 55.6 Å². The number of aryl methyl sites for hydroxylation is 2. The van der Waals surface area contributed by atoms with E-state index < -0.39 is 0 Å². The Labute approximate surface area is 124 Å². The van der Waals surface area contributed by atoms with E-state index in [1.807, 2.05) is 49.1 Å². The van der Waals surface area contributed by atoms with Crippen molar-refractivity contribution in [3.63, 3.8) is 0 Å². The fraction of sp³-hybridized carbons (Fsp3) is 0.312. The molecule has 0 bridgehead atoms. The summed E-state index contributed by atoms with van der Waals surface area (Å²) in [5, 5.41) is 7.85. The molecule has 0 saturated carbocycles. The zero-order valence-electron chi connectivity index (χ0n) is 12.6. The third-order valence-corrected chi connectivity index (χ3v) is 3.77. The minimum Gasteiger partial charge on any atom is -0.307 e. The molecule has 0 fully saturated rings. The summed E-state index contributed by atoms with van der Waals surface area (Å²) in [6.07, 6.45) is 1.83. The molecule has 3 rings (SSSR count). The van der Waals surface area contributed by atoms with Gasteiger partial charge in [-0.1, -0.05) is 12.1 Å². The van der Waals surface area contributed by atoms with E-state index in [9.17, 15) is 0 Å². The fourth-order valence-electron chi connectivity index (χ4n) is 2.47. The Bertz CT molecular complexity index is 775. The second kappa shape index (κ2) is 5.61. The third kappa shape index (κ3) is 2.78. The van der Waals surface area contributed by atoms with Crippen LogP contribution in [0.1, 0.15) is 22.6 Å². The van der Waals surface area contributed by atoms with E-state index in [0.717, 1.165) is 29.0 Å². The van der Waals surface area contributed by atoms with Crippen LogP contribution < -0.4 is 5.32 Å². The molecule has 21 heavy (non-hydrogen) atoms. The molecule has 0 aliphatic carbocycles. The Morgan fingerprint density at radius 2 is 1.86 bits per heavy atom. The minimum atomic E-state index is 0.700. The van der Waals surface area contributed by atoms with Crippen molar-refractivity contribution < 1.29 is 0 Å². The monoisotopic (exact) mass is 281 g/mol. The minimum absolute atomic E-state index is 0.700. The molecule has 0 amide bonds. The number of benzene rings is 1. The van der Waals surface area contributed by atoms with Crippen LogP contribution in [0, 0.1) is 13.8 Å². The third-order valence-electron chi connectivity index (χ3n) is 3.77. The number of para-hydroxylation sites is 2. The van der Waals surface area contributed by atoms with Gasteiger partial charge in [-0.2, -0.15) is 5.10 Å². The van der Waals surface area contributed by atoms with Crippen LogP contribution in [0.25, 0.3) is 11.0 Å². The first-order valence-corrected chi connectivity index (χ1v) is 7.05. The summed E-state index contributed by atoms with van der Waals surface area (Å²) in [5.41, 5.74) is 6.35. The average molecular weight is 281 g/mol. The lowest BCUT2D eigenvalue weighted by Crippen LogP contribution is -2.15. The van der Waals surface area contributed by atoms with Crippen molar-refractivity contribution in [1.29, 1.82) is 0 Å². The molecule has 0 spiro atoms. The fourth-order valence-corrected chi connectivity index (χ4v) is 2.47. The van der Waals surface area contributed by atoms with Gasteiger partial charge < -0.3 is 5.32 Å². The van der Waals surface area contributed by atoms with Gasteiger partial charge in [0.1, 0.15) is 0 Å². The molecular weight excluding hydrogens is 262 g/mol. The molecule has 0 unspecified atom stereocenters. The van der Waals surface area contributed by atoms with E-state index in [4.69, 9.17) is 0 Å². The maximum atomic E-state index is 4.61. The standard InChI is InChI=1S/C16H19N5/c1-11-14(12(2)21(3)20-11)10-17-8-13-9-18-15-6-4-5-7-16(15)19-13/h4-7,9,17H,8,10H2,1-3H3. The van der Waals surface area contributed by atoms with E-state index in [0.29, 0.717) is 6.54 Å². The number of hydrogen-bond donors (Lipinski definition) is 1. The van der Waals surface area contributed by atoms with Crippen LogP contribution in [-0.2, 0) is 20.1 Å². The maximum absolute atomic E-state index is 4.61. The van der Waals surface area contributed by atoms with Gasteiger partial charge in [-0.25, -0.2) is 4.98 Å². The lowest BCUT2D eigenvalue weighted by Gasteiger charge is -2.06. The number of rotatable bonds is 4. The molecule has 0 radical (unpaired) electrons. The summed E-state index contributed by atoms with van der Waals surface area (Å²) < 4.78 is 1.92. The van der Waals surface area contributed by atoms with Gasteiger partial charge in [-0.05, 0) is 26.0 Å². The molecule has 2 aromatic heterocycles. The summed E-state index contributed by atoms with van der Waals surface area (Å²) in [7, 11) is 1.97. The Kier molecular flexibility index (Phi) is 3.66. The van der Waals surface area contributed by atoms with Crippen LogP contribution >= 0.6 is 0 Å². The average Bonchev–Trinajstić information content (AvgIpc) is 2.73. The molecule has 2 heterocycles. The zero-order chi connectivity index (χ0) is 14.8. The van der Waals surface area contributed by atoms with Gasteiger partial charge >= 0.3 is 0 Å². The molecule has 5 nitrogen and oxygen atoms in total. The molecule has 0 aliphatic rings. The van der Waals surface area contributed by atoms with Crippen LogP contribution in [-0.4, -0.2) is 19.7 Å². The number of nitrogens with one attached hydrogen (secondary N) is 1. The lowest BCUT2D eigenvalue weighted by molar-refractivity contribution is 0.672. The van der Waals surface area contributed by atoms with E-state index in [1.165, 1.54) is 11.3 Å². The van der Waals surface area contributed by atoms with Crippen molar-refractivity contribution in [3.05, 3.63) is 53.1 Å². The van der Waals surface area contributed by atoms with Crippen molar-refractivity contribution in [1.82, 2.24) is 25.1 Å². The Hall–Kier alpha value is -2.27. The van der Waals surface area contributed by atoms with Gasteiger partial charge in [0.05, 0.1) is 28.6 Å². The van der Waals surface area contributed by atoms with Gasteiger partial charge in [0.25, 0.3) is 0 Å². The van der Waals surface area contributed by atoms with Gasteiger partial charge in [-0.15, -0.1) is 0 Å². The van der Waals surface area contributed by atoms with Gasteiger partial charge in [-0.3, -0.25) is 9.67 Å². The van der Waals surface area contributed by atoms with E-state index in [-0.39, 0.29) is 0 Å². The van der Waals surface area contributed by atoms with Crippen molar-refractivity contribution in [2.75, 3.05) is 0 Å². The summed E-state index contributed by atoms with van der Waals surface area (Å²) in [6, 6.07) is 7.92. The Morgan fingerprint density at radius 3 is 2.57 bits per heavy atom. The van der Waals surface area contributed by atoms with Crippen molar-refractivity contribution in [3.8, 4) is 0 Å². The number of nitrogens with zero attached hydrogens (tertiary/aromatic N) is 4. The summed E-state index contributed by atoms with van der Waals surface area (Å²) in [6.45, 7) is 5.62. The highest BCUT2D eigenvalue weighted by atomic mass is 15.3.